The lowest BCUT2D eigenvalue weighted by molar-refractivity contribution is -0.122. The minimum Gasteiger partial charge on any atom is -0.274 e. The average molecular weight is 401 g/mol. The van der Waals surface area contributed by atoms with Gasteiger partial charge >= 0.3 is 0 Å². The molecule has 0 aromatic heterocycles. The highest BCUT2D eigenvalue weighted by atomic mass is 16.2. The van der Waals surface area contributed by atoms with E-state index in [4.69, 9.17) is 0 Å². The number of carbonyl (C=O) groups is 2. The molecule has 2 amide bonds. The van der Waals surface area contributed by atoms with Crippen LogP contribution in [0.4, 0.5) is 5.69 Å². The number of imide groups is 1. The molecular formula is C28H19NO2. The average Bonchev–Trinajstić information content (AvgIpc) is 3.09. The van der Waals surface area contributed by atoms with E-state index in [2.05, 4.69) is 24.3 Å². The van der Waals surface area contributed by atoms with Crippen LogP contribution in [0.25, 0.3) is 10.8 Å². The summed E-state index contributed by atoms with van der Waals surface area (Å²) in [6.45, 7) is 0. The van der Waals surface area contributed by atoms with Crippen LogP contribution in [0.1, 0.15) is 34.1 Å². The number of hydrogen-bond acceptors (Lipinski definition) is 2. The van der Waals surface area contributed by atoms with E-state index < -0.39 is 0 Å². The molecule has 1 heterocycles. The molecule has 2 bridgehead atoms. The summed E-state index contributed by atoms with van der Waals surface area (Å²) in [5.74, 6) is -0.962. The summed E-state index contributed by atoms with van der Waals surface area (Å²) in [5, 5.41) is 1.97. The first-order valence-corrected chi connectivity index (χ1v) is 10.8. The fourth-order valence-electron chi connectivity index (χ4n) is 6.32. The monoisotopic (exact) mass is 401 g/mol. The molecule has 1 saturated heterocycles. The molecule has 3 heteroatoms. The van der Waals surface area contributed by atoms with Gasteiger partial charge in [0.05, 0.1) is 17.5 Å². The minimum absolute atomic E-state index is 0.0645. The van der Waals surface area contributed by atoms with E-state index >= 15 is 0 Å². The molecule has 0 spiro atoms. The maximum absolute atomic E-state index is 13.9. The number of fused-ring (bicyclic) bond motifs is 1. The second-order valence-corrected chi connectivity index (χ2v) is 8.77. The van der Waals surface area contributed by atoms with Crippen LogP contribution in [0.15, 0.2) is 91.0 Å². The van der Waals surface area contributed by atoms with Crippen molar-refractivity contribution < 1.29 is 9.59 Å². The van der Waals surface area contributed by atoms with E-state index in [0.717, 1.165) is 10.8 Å². The van der Waals surface area contributed by atoms with Crippen molar-refractivity contribution in [2.24, 2.45) is 11.8 Å². The van der Waals surface area contributed by atoms with Crippen LogP contribution in [0.5, 0.6) is 0 Å². The van der Waals surface area contributed by atoms with E-state index in [9.17, 15) is 9.59 Å². The number of hydrogen-bond donors (Lipinski definition) is 0. The number of amides is 2. The van der Waals surface area contributed by atoms with Gasteiger partial charge in [0.2, 0.25) is 11.8 Å². The van der Waals surface area contributed by atoms with Gasteiger partial charge in [-0.15, -0.1) is 0 Å². The Morgan fingerprint density at radius 2 is 0.968 bits per heavy atom. The Morgan fingerprint density at radius 3 is 1.52 bits per heavy atom. The third-order valence-electron chi connectivity index (χ3n) is 7.46. The third-order valence-corrected chi connectivity index (χ3v) is 7.46. The summed E-state index contributed by atoms with van der Waals surface area (Å²) in [6, 6.07) is 30.5. The van der Waals surface area contributed by atoms with Crippen LogP contribution < -0.4 is 4.90 Å². The molecule has 1 fully saturated rings. The molecule has 2 unspecified atom stereocenters. The standard InChI is InChI=1S/C28H19NO2/c30-27-25-23-18-11-3-4-12-19(18)24(21-14-6-5-13-20(21)23)26(25)28(31)29(27)22-15-7-9-16-8-1-2-10-17(16)22/h1-15,23-26H. The van der Waals surface area contributed by atoms with Crippen molar-refractivity contribution in [2.45, 2.75) is 11.8 Å². The van der Waals surface area contributed by atoms with E-state index in [1.54, 1.807) is 0 Å². The molecular weight excluding hydrogens is 382 g/mol. The van der Waals surface area contributed by atoms with E-state index in [0.29, 0.717) is 5.69 Å². The second kappa shape index (κ2) is 5.92. The normalized spacial score (nSPS) is 25.5. The van der Waals surface area contributed by atoms with Gasteiger partial charge in [-0.05, 0) is 33.7 Å². The van der Waals surface area contributed by atoms with E-state index in [1.165, 1.54) is 27.2 Å². The highest BCUT2D eigenvalue weighted by Crippen LogP contribution is 2.61. The first-order chi connectivity index (χ1) is 15.3. The molecule has 0 saturated carbocycles. The molecule has 1 aliphatic heterocycles. The summed E-state index contributed by atoms with van der Waals surface area (Å²) in [4.78, 5) is 29.3. The SMILES string of the molecule is O=C1C2C3c4ccccc4C(c4ccccc43)C2C(=O)N1c1cccc2ccccc12. The topological polar surface area (TPSA) is 37.4 Å². The fourth-order valence-corrected chi connectivity index (χ4v) is 6.32. The molecule has 4 aromatic rings. The predicted octanol–water partition coefficient (Wildman–Crippen LogP) is 5.24. The van der Waals surface area contributed by atoms with Gasteiger partial charge < -0.3 is 0 Å². The molecule has 4 aliphatic rings. The van der Waals surface area contributed by atoms with Crippen molar-refractivity contribution >= 4 is 28.3 Å². The Hall–Kier alpha value is -3.72. The maximum Gasteiger partial charge on any atom is 0.238 e. The molecule has 0 N–H and O–H groups in total. The van der Waals surface area contributed by atoms with Crippen molar-refractivity contribution in [3.8, 4) is 0 Å². The van der Waals surface area contributed by atoms with E-state index in [1.807, 2.05) is 66.7 Å². The van der Waals surface area contributed by atoms with Crippen molar-refractivity contribution in [2.75, 3.05) is 4.90 Å². The van der Waals surface area contributed by atoms with Crippen LogP contribution in [0.3, 0.4) is 0 Å². The van der Waals surface area contributed by atoms with Gasteiger partial charge in [0, 0.05) is 17.2 Å². The largest absolute Gasteiger partial charge is 0.274 e. The second-order valence-electron chi connectivity index (χ2n) is 8.77. The summed E-state index contributed by atoms with van der Waals surface area (Å²) >= 11 is 0. The van der Waals surface area contributed by atoms with E-state index in [-0.39, 0.29) is 35.5 Å². The number of rotatable bonds is 1. The first kappa shape index (κ1) is 17.0. The lowest BCUT2D eigenvalue weighted by Gasteiger charge is -2.45. The highest BCUT2D eigenvalue weighted by molar-refractivity contribution is 6.26. The molecule has 2 atom stereocenters. The van der Waals surface area contributed by atoms with Gasteiger partial charge in [-0.1, -0.05) is 84.9 Å². The summed E-state index contributed by atoms with van der Waals surface area (Å²) in [7, 11) is 0. The Labute approximate surface area is 179 Å². The lowest BCUT2D eigenvalue weighted by atomic mass is 9.55. The Kier molecular flexibility index (Phi) is 3.25. The van der Waals surface area contributed by atoms with Gasteiger partial charge in [-0.3, -0.25) is 9.59 Å². The number of nitrogens with zero attached hydrogens (tertiary/aromatic N) is 1. The highest BCUT2D eigenvalue weighted by Gasteiger charge is 2.61. The van der Waals surface area contributed by atoms with Crippen LogP contribution in [0.2, 0.25) is 0 Å². The number of anilines is 1. The molecule has 8 rings (SSSR count). The number of carbonyl (C=O) groups excluding carboxylic acids is 2. The summed E-state index contributed by atoms with van der Waals surface area (Å²) < 4.78 is 0. The van der Waals surface area contributed by atoms with Gasteiger partial charge in [-0.25, -0.2) is 4.90 Å². The van der Waals surface area contributed by atoms with Gasteiger partial charge in [-0.2, -0.15) is 0 Å². The van der Waals surface area contributed by atoms with Gasteiger partial charge in [0.15, 0.2) is 0 Å². The zero-order chi connectivity index (χ0) is 20.7. The van der Waals surface area contributed by atoms with Gasteiger partial charge in [0.1, 0.15) is 0 Å². The Morgan fingerprint density at radius 1 is 0.516 bits per heavy atom. The maximum atomic E-state index is 13.9. The molecule has 4 aromatic carbocycles. The minimum atomic E-state index is -0.346. The van der Waals surface area contributed by atoms with Crippen LogP contribution in [-0.2, 0) is 9.59 Å². The quantitative estimate of drug-likeness (QED) is 0.409. The fraction of sp³-hybridized carbons (Fsp3) is 0.143. The third kappa shape index (κ3) is 2.03. The smallest absolute Gasteiger partial charge is 0.238 e. The van der Waals surface area contributed by atoms with Crippen LogP contribution in [0, 0.1) is 11.8 Å². The van der Waals surface area contributed by atoms with Crippen molar-refractivity contribution in [3.63, 3.8) is 0 Å². The van der Waals surface area contributed by atoms with Crippen LogP contribution >= 0.6 is 0 Å². The molecule has 148 valence electrons. The Bertz CT molecular complexity index is 1300. The summed E-state index contributed by atoms with van der Waals surface area (Å²) in [6.07, 6.45) is 0. The zero-order valence-electron chi connectivity index (χ0n) is 16.7. The Balaban J connectivity index is 1.47. The molecule has 31 heavy (non-hydrogen) atoms. The van der Waals surface area contributed by atoms with Crippen LogP contribution in [-0.4, -0.2) is 11.8 Å². The van der Waals surface area contributed by atoms with Crippen molar-refractivity contribution in [1.29, 1.82) is 0 Å². The molecule has 3 nitrogen and oxygen atoms in total. The van der Waals surface area contributed by atoms with Crippen molar-refractivity contribution in [3.05, 3.63) is 113 Å². The predicted molar refractivity (Wildman–Crippen MR) is 120 cm³/mol. The zero-order valence-corrected chi connectivity index (χ0v) is 16.7. The summed E-state index contributed by atoms with van der Waals surface area (Å²) in [5.41, 5.74) is 5.51. The molecule has 3 aliphatic carbocycles. The number of benzene rings is 4. The lowest BCUT2D eigenvalue weighted by Crippen LogP contribution is -2.41. The van der Waals surface area contributed by atoms with Gasteiger partial charge in [0.25, 0.3) is 0 Å². The molecule has 0 radical (unpaired) electrons. The van der Waals surface area contributed by atoms with Crippen molar-refractivity contribution in [1.82, 2.24) is 0 Å². The first-order valence-electron chi connectivity index (χ1n) is 10.8.